The van der Waals surface area contributed by atoms with Crippen LogP contribution in [0.5, 0.6) is 0 Å². The molecule has 3 aromatic heterocycles. The van der Waals surface area contributed by atoms with E-state index in [0.29, 0.717) is 6.42 Å². The first kappa shape index (κ1) is 11.6. The predicted molar refractivity (Wildman–Crippen MR) is 69.9 cm³/mol. The number of rotatable bonds is 3. The summed E-state index contributed by atoms with van der Waals surface area (Å²) in [6.45, 7) is 1.97. The lowest BCUT2D eigenvalue weighted by Crippen LogP contribution is -2.06. The third-order valence-corrected chi connectivity index (χ3v) is 2.93. The van der Waals surface area contributed by atoms with E-state index in [1.54, 1.807) is 12.5 Å². The normalized spacial score (nSPS) is 10.8. The summed E-state index contributed by atoms with van der Waals surface area (Å²) in [7, 11) is 1.91. The molecule has 0 aromatic carbocycles. The minimum atomic E-state index is 0.693. The first-order chi connectivity index (χ1) is 9.24. The van der Waals surface area contributed by atoms with E-state index in [4.69, 9.17) is 0 Å². The van der Waals surface area contributed by atoms with Crippen LogP contribution in [0.4, 0.5) is 0 Å². The smallest absolute Gasteiger partial charge is 0.143 e. The van der Waals surface area contributed by atoms with E-state index in [1.165, 1.54) is 0 Å². The van der Waals surface area contributed by atoms with Crippen molar-refractivity contribution in [3.05, 3.63) is 54.0 Å². The molecule has 0 amide bonds. The molecule has 0 bridgehead atoms. The molecule has 0 spiro atoms. The van der Waals surface area contributed by atoms with E-state index >= 15 is 0 Å². The molecule has 6 heteroatoms. The first-order valence-corrected chi connectivity index (χ1v) is 6.03. The minimum Gasteiger partial charge on any atom is -0.269 e. The molecule has 0 saturated heterocycles. The van der Waals surface area contributed by atoms with Crippen LogP contribution in [0.1, 0.15) is 17.1 Å². The van der Waals surface area contributed by atoms with Gasteiger partial charge in [-0.3, -0.25) is 14.2 Å². The topological polar surface area (TPSA) is 61.4 Å². The Labute approximate surface area is 110 Å². The zero-order valence-electron chi connectivity index (χ0n) is 10.9. The van der Waals surface area contributed by atoms with Gasteiger partial charge in [-0.15, -0.1) is 10.2 Å². The van der Waals surface area contributed by atoms with E-state index in [2.05, 4.69) is 20.3 Å². The number of hydrogen-bond acceptors (Lipinski definition) is 4. The number of nitrogens with zero attached hydrogens (tertiary/aromatic N) is 6. The number of aryl methyl sites for hydroxylation is 2. The number of aromatic nitrogens is 6. The molecule has 3 rings (SSSR count). The summed E-state index contributed by atoms with van der Waals surface area (Å²) in [6.07, 6.45) is 6.01. The predicted octanol–water partition coefficient (Wildman–Crippen LogP) is 1.30. The fourth-order valence-electron chi connectivity index (χ4n) is 2.08. The molecule has 19 heavy (non-hydrogen) atoms. The van der Waals surface area contributed by atoms with Crippen molar-refractivity contribution in [1.82, 2.24) is 29.5 Å². The molecule has 0 aliphatic rings. The highest BCUT2D eigenvalue weighted by molar-refractivity contribution is 5.28. The van der Waals surface area contributed by atoms with Crippen LogP contribution in [-0.4, -0.2) is 29.5 Å². The lowest BCUT2D eigenvalue weighted by Gasteiger charge is -2.06. The maximum Gasteiger partial charge on any atom is 0.143 e. The third kappa shape index (κ3) is 2.24. The van der Waals surface area contributed by atoms with Gasteiger partial charge in [0.05, 0.1) is 5.69 Å². The Kier molecular flexibility index (Phi) is 2.83. The van der Waals surface area contributed by atoms with Crippen molar-refractivity contribution in [1.29, 1.82) is 0 Å². The van der Waals surface area contributed by atoms with E-state index < -0.39 is 0 Å². The number of hydrogen-bond donors (Lipinski definition) is 0. The van der Waals surface area contributed by atoms with Crippen molar-refractivity contribution in [3.63, 3.8) is 0 Å². The maximum absolute atomic E-state index is 4.34. The maximum atomic E-state index is 4.34. The molecule has 3 aromatic rings. The SMILES string of the molecule is Cc1cc(-n2cnnc2Cc2cccnc2)n(C)n1. The monoisotopic (exact) mass is 254 g/mol. The molecular weight excluding hydrogens is 240 g/mol. The quantitative estimate of drug-likeness (QED) is 0.706. The number of pyridine rings is 1. The van der Waals surface area contributed by atoms with E-state index in [0.717, 1.165) is 22.9 Å². The van der Waals surface area contributed by atoms with Crippen molar-refractivity contribution >= 4 is 0 Å². The molecule has 6 nitrogen and oxygen atoms in total. The van der Waals surface area contributed by atoms with Crippen LogP contribution in [0.3, 0.4) is 0 Å². The highest BCUT2D eigenvalue weighted by Gasteiger charge is 2.11. The largest absolute Gasteiger partial charge is 0.269 e. The van der Waals surface area contributed by atoms with Gasteiger partial charge in [0.1, 0.15) is 18.0 Å². The Morgan fingerprint density at radius 3 is 2.89 bits per heavy atom. The summed E-state index contributed by atoms with van der Waals surface area (Å²) in [5.74, 6) is 1.83. The van der Waals surface area contributed by atoms with Crippen molar-refractivity contribution in [2.45, 2.75) is 13.3 Å². The third-order valence-electron chi connectivity index (χ3n) is 2.93. The second-order valence-electron chi connectivity index (χ2n) is 4.42. The highest BCUT2D eigenvalue weighted by Crippen LogP contribution is 2.13. The summed E-state index contributed by atoms with van der Waals surface area (Å²) in [6, 6.07) is 5.96. The molecule has 0 saturated carbocycles. The van der Waals surface area contributed by atoms with E-state index in [9.17, 15) is 0 Å². The summed E-state index contributed by atoms with van der Waals surface area (Å²) >= 11 is 0. The van der Waals surface area contributed by atoms with Crippen LogP contribution in [-0.2, 0) is 13.5 Å². The zero-order chi connectivity index (χ0) is 13.2. The summed E-state index contributed by atoms with van der Waals surface area (Å²) in [5, 5.41) is 12.5. The second-order valence-corrected chi connectivity index (χ2v) is 4.42. The van der Waals surface area contributed by atoms with Gasteiger partial charge in [-0.05, 0) is 18.6 Å². The molecule has 0 aliphatic carbocycles. The van der Waals surface area contributed by atoms with Crippen LogP contribution in [0, 0.1) is 6.92 Å². The molecule has 0 N–H and O–H groups in total. The molecule has 0 fully saturated rings. The van der Waals surface area contributed by atoms with Crippen LogP contribution in [0.25, 0.3) is 5.82 Å². The van der Waals surface area contributed by atoms with E-state index in [-0.39, 0.29) is 0 Å². The first-order valence-electron chi connectivity index (χ1n) is 6.03. The highest BCUT2D eigenvalue weighted by atomic mass is 15.4. The van der Waals surface area contributed by atoms with Crippen molar-refractivity contribution in [3.8, 4) is 5.82 Å². The fourth-order valence-corrected chi connectivity index (χ4v) is 2.08. The standard InChI is InChI=1S/C13H14N6/c1-10-6-13(18(2)17-10)19-9-15-16-12(19)7-11-4-3-5-14-8-11/h3-6,8-9H,7H2,1-2H3. The van der Waals surface area contributed by atoms with Crippen LogP contribution < -0.4 is 0 Å². The Balaban J connectivity index is 1.97. The van der Waals surface area contributed by atoms with Crippen molar-refractivity contribution in [2.24, 2.45) is 7.05 Å². The Hall–Kier alpha value is -2.50. The van der Waals surface area contributed by atoms with Gasteiger partial charge in [-0.1, -0.05) is 6.07 Å². The fraction of sp³-hybridized carbons (Fsp3) is 0.231. The molecule has 0 aliphatic heterocycles. The average molecular weight is 254 g/mol. The van der Waals surface area contributed by atoms with Crippen LogP contribution >= 0.6 is 0 Å². The minimum absolute atomic E-state index is 0.693. The van der Waals surface area contributed by atoms with Crippen molar-refractivity contribution in [2.75, 3.05) is 0 Å². The van der Waals surface area contributed by atoms with E-state index in [1.807, 2.05) is 47.6 Å². The van der Waals surface area contributed by atoms with Gasteiger partial charge in [-0.2, -0.15) is 5.10 Å². The van der Waals surface area contributed by atoms with Gasteiger partial charge in [0.15, 0.2) is 0 Å². The van der Waals surface area contributed by atoms with Gasteiger partial charge in [0.2, 0.25) is 0 Å². The lowest BCUT2D eigenvalue weighted by molar-refractivity contribution is 0.711. The second kappa shape index (κ2) is 4.64. The Bertz CT molecular complexity index is 682. The molecular formula is C13H14N6. The van der Waals surface area contributed by atoms with Gasteiger partial charge >= 0.3 is 0 Å². The van der Waals surface area contributed by atoms with Gasteiger partial charge in [0, 0.05) is 31.9 Å². The lowest BCUT2D eigenvalue weighted by atomic mass is 10.2. The van der Waals surface area contributed by atoms with Crippen LogP contribution in [0.15, 0.2) is 36.9 Å². The molecule has 3 heterocycles. The van der Waals surface area contributed by atoms with Crippen molar-refractivity contribution < 1.29 is 0 Å². The van der Waals surface area contributed by atoms with Gasteiger partial charge in [0.25, 0.3) is 0 Å². The van der Waals surface area contributed by atoms with Gasteiger partial charge < -0.3 is 0 Å². The average Bonchev–Trinajstić information content (AvgIpc) is 2.97. The van der Waals surface area contributed by atoms with Gasteiger partial charge in [-0.25, -0.2) is 0 Å². The molecule has 0 radical (unpaired) electrons. The Morgan fingerprint density at radius 2 is 2.21 bits per heavy atom. The summed E-state index contributed by atoms with van der Waals surface area (Å²) in [4.78, 5) is 4.11. The van der Waals surface area contributed by atoms with Crippen LogP contribution in [0.2, 0.25) is 0 Å². The summed E-state index contributed by atoms with van der Waals surface area (Å²) in [5.41, 5.74) is 2.08. The zero-order valence-corrected chi connectivity index (χ0v) is 10.9. The molecule has 96 valence electrons. The Morgan fingerprint density at radius 1 is 1.32 bits per heavy atom. The summed E-state index contributed by atoms with van der Waals surface area (Å²) < 4.78 is 3.78. The molecule has 0 unspecified atom stereocenters. The molecule has 0 atom stereocenters.